The maximum Gasteiger partial charge on any atom is 0.0658 e. The summed E-state index contributed by atoms with van der Waals surface area (Å²) in [5.74, 6) is 5.02. The van der Waals surface area contributed by atoms with Crippen molar-refractivity contribution in [3.63, 3.8) is 0 Å². The molecule has 1 nitrogen and oxygen atoms in total. The summed E-state index contributed by atoms with van der Waals surface area (Å²) in [4.78, 5) is 0. The molecule has 0 spiro atoms. The molecule has 162 valence electrons. The maximum absolute atomic E-state index is 9.94. The molecule has 29 heavy (non-hydrogen) atoms. The van der Waals surface area contributed by atoms with Crippen molar-refractivity contribution in [2.24, 2.45) is 52.3 Å². The number of fused-ring (bicyclic) bond motifs is 5. The van der Waals surface area contributed by atoms with E-state index in [9.17, 15) is 5.26 Å². The zero-order valence-electron chi connectivity index (χ0n) is 19.8. The lowest BCUT2D eigenvalue weighted by Gasteiger charge is -2.58. The van der Waals surface area contributed by atoms with Gasteiger partial charge in [0.1, 0.15) is 0 Å². The molecule has 3 fully saturated rings. The second-order valence-corrected chi connectivity index (χ2v) is 12.3. The van der Waals surface area contributed by atoms with Crippen molar-refractivity contribution < 1.29 is 0 Å². The summed E-state index contributed by atoms with van der Waals surface area (Å²) >= 11 is 0. The zero-order valence-corrected chi connectivity index (χ0v) is 19.8. The number of nitriles is 1. The number of nitrogens with zero attached hydrogens (tertiary/aromatic N) is 1. The highest BCUT2D eigenvalue weighted by atomic mass is 14.6. The van der Waals surface area contributed by atoms with Crippen molar-refractivity contribution in [2.45, 2.75) is 105 Å². The molecule has 0 aromatic heterocycles. The predicted octanol–water partition coefficient (Wildman–Crippen LogP) is 8.17. The van der Waals surface area contributed by atoms with Gasteiger partial charge < -0.3 is 0 Å². The second-order valence-electron chi connectivity index (χ2n) is 12.3. The molecule has 0 aliphatic heterocycles. The lowest BCUT2D eigenvalue weighted by atomic mass is 9.47. The van der Waals surface area contributed by atoms with E-state index in [0.717, 1.165) is 30.1 Å². The SMILES string of the molecule is CC(C)CCC(C#N)[C@@H](C)[C@H]1CC[C@H]2[C@@H]3CC=C4CCCC[C@]4(C)[C@H]3CC[C@]12C. The number of rotatable bonds is 5. The Bertz CT molecular complexity index is 668. The van der Waals surface area contributed by atoms with Crippen LogP contribution in [0.4, 0.5) is 0 Å². The van der Waals surface area contributed by atoms with Crippen molar-refractivity contribution in [2.75, 3.05) is 0 Å². The van der Waals surface area contributed by atoms with Gasteiger partial charge in [0, 0.05) is 5.92 Å². The molecule has 0 saturated heterocycles. The Balaban J connectivity index is 1.53. The minimum atomic E-state index is 0.254. The molecule has 4 aliphatic rings. The molecule has 8 atom stereocenters. The van der Waals surface area contributed by atoms with E-state index >= 15 is 0 Å². The van der Waals surface area contributed by atoms with E-state index in [1.54, 1.807) is 0 Å². The van der Waals surface area contributed by atoms with Gasteiger partial charge in [-0.2, -0.15) is 5.26 Å². The summed E-state index contributed by atoms with van der Waals surface area (Å²) in [6.45, 7) is 12.3. The Kier molecular flexibility index (Phi) is 5.96. The van der Waals surface area contributed by atoms with E-state index in [1.807, 2.05) is 5.57 Å². The highest BCUT2D eigenvalue weighted by Gasteiger charge is 2.59. The summed E-state index contributed by atoms with van der Waals surface area (Å²) in [5, 5.41) is 9.94. The van der Waals surface area contributed by atoms with Gasteiger partial charge in [0.25, 0.3) is 0 Å². The topological polar surface area (TPSA) is 23.8 Å². The first-order valence-electron chi connectivity index (χ1n) is 12.9. The second kappa shape index (κ2) is 8.05. The molecule has 0 aromatic rings. The smallest absolute Gasteiger partial charge is 0.0658 e. The Labute approximate surface area is 180 Å². The average Bonchev–Trinajstić information content (AvgIpc) is 3.04. The minimum absolute atomic E-state index is 0.254. The van der Waals surface area contributed by atoms with Crippen LogP contribution < -0.4 is 0 Å². The molecule has 0 aromatic carbocycles. The van der Waals surface area contributed by atoms with Crippen LogP contribution in [-0.4, -0.2) is 0 Å². The minimum Gasteiger partial charge on any atom is -0.198 e. The van der Waals surface area contributed by atoms with Gasteiger partial charge in [0.05, 0.1) is 6.07 Å². The van der Waals surface area contributed by atoms with Gasteiger partial charge in [0.15, 0.2) is 0 Å². The van der Waals surface area contributed by atoms with Crippen molar-refractivity contribution in [3.05, 3.63) is 11.6 Å². The summed E-state index contributed by atoms with van der Waals surface area (Å²) < 4.78 is 0. The monoisotopic (exact) mass is 395 g/mol. The molecule has 0 amide bonds. The average molecular weight is 396 g/mol. The highest BCUT2D eigenvalue weighted by molar-refractivity contribution is 5.24. The van der Waals surface area contributed by atoms with Crippen LogP contribution in [0.5, 0.6) is 0 Å². The quantitative estimate of drug-likeness (QED) is 0.431. The zero-order chi connectivity index (χ0) is 20.8. The summed E-state index contributed by atoms with van der Waals surface area (Å²) in [5.41, 5.74) is 2.82. The Morgan fingerprint density at radius 3 is 2.55 bits per heavy atom. The van der Waals surface area contributed by atoms with E-state index in [0.29, 0.717) is 22.7 Å². The molecule has 4 rings (SSSR count). The van der Waals surface area contributed by atoms with Crippen molar-refractivity contribution in [1.29, 1.82) is 5.26 Å². The van der Waals surface area contributed by atoms with Crippen LogP contribution in [0.15, 0.2) is 11.6 Å². The molecule has 0 bridgehead atoms. The van der Waals surface area contributed by atoms with Gasteiger partial charge in [-0.3, -0.25) is 0 Å². The molecule has 0 radical (unpaired) electrons. The third kappa shape index (κ3) is 3.51. The number of hydrogen-bond acceptors (Lipinski definition) is 1. The molecular formula is C28H45N. The van der Waals surface area contributed by atoms with E-state index in [2.05, 4.69) is 46.8 Å². The van der Waals surface area contributed by atoms with E-state index < -0.39 is 0 Å². The first kappa shape index (κ1) is 21.5. The lowest BCUT2D eigenvalue weighted by molar-refractivity contribution is -0.0524. The normalized spacial score (nSPS) is 43.6. The fourth-order valence-corrected chi connectivity index (χ4v) is 8.84. The van der Waals surface area contributed by atoms with Gasteiger partial charge in [-0.1, -0.05) is 52.7 Å². The number of allylic oxidation sites excluding steroid dienone is 2. The van der Waals surface area contributed by atoms with Gasteiger partial charge >= 0.3 is 0 Å². The Morgan fingerprint density at radius 1 is 1.03 bits per heavy atom. The molecule has 1 unspecified atom stereocenters. The largest absolute Gasteiger partial charge is 0.198 e. The van der Waals surface area contributed by atoms with Crippen LogP contribution in [0.1, 0.15) is 105 Å². The van der Waals surface area contributed by atoms with Crippen LogP contribution in [0, 0.1) is 63.6 Å². The van der Waals surface area contributed by atoms with E-state index in [4.69, 9.17) is 0 Å². The molecule has 4 aliphatic carbocycles. The standard InChI is InChI=1S/C28H45N/c1-19(2)9-10-21(18-29)20(3)24-13-14-25-23-12-11-22-8-6-7-16-27(22,4)26(23)15-17-28(24,25)5/h11,19-21,23-26H,6-10,12-17H2,1-5H3/t20-,21?,23+,24-,25+,26+,27+,28-/m1/s1. The van der Waals surface area contributed by atoms with Crippen LogP contribution in [0.2, 0.25) is 0 Å². The molecule has 0 N–H and O–H groups in total. The third-order valence-corrected chi connectivity index (χ3v) is 10.6. The fraction of sp³-hybridized carbons (Fsp3) is 0.893. The van der Waals surface area contributed by atoms with Gasteiger partial charge in [-0.05, 0) is 111 Å². The van der Waals surface area contributed by atoms with Crippen LogP contribution in [0.25, 0.3) is 0 Å². The highest BCUT2D eigenvalue weighted by Crippen LogP contribution is 2.67. The van der Waals surface area contributed by atoms with Gasteiger partial charge in [0.2, 0.25) is 0 Å². The Morgan fingerprint density at radius 2 is 1.83 bits per heavy atom. The van der Waals surface area contributed by atoms with Crippen molar-refractivity contribution in [1.82, 2.24) is 0 Å². The summed E-state index contributed by atoms with van der Waals surface area (Å²) in [7, 11) is 0. The van der Waals surface area contributed by atoms with Crippen LogP contribution in [-0.2, 0) is 0 Å². The molecule has 0 heterocycles. The fourth-order valence-electron chi connectivity index (χ4n) is 8.84. The first-order valence-corrected chi connectivity index (χ1v) is 12.9. The molecular weight excluding hydrogens is 350 g/mol. The molecule has 3 saturated carbocycles. The van der Waals surface area contributed by atoms with E-state index in [-0.39, 0.29) is 5.92 Å². The van der Waals surface area contributed by atoms with Crippen molar-refractivity contribution in [3.8, 4) is 6.07 Å². The summed E-state index contributed by atoms with van der Waals surface area (Å²) in [6.07, 6.45) is 17.7. The van der Waals surface area contributed by atoms with Crippen LogP contribution >= 0.6 is 0 Å². The predicted molar refractivity (Wildman–Crippen MR) is 122 cm³/mol. The van der Waals surface area contributed by atoms with Crippen molar-refractivity contribution >= 4 is 0 Å². The molecule has 1 heteroatoms. The lowest BCUT2D eigenvalue weighted by Crippen LogP contribution is -2.50. The first-order chi connectivity index (χ1) is 13.8. The Hall–Kier alpha value is -0.770. The summed E-state index contributed by atoms with van der Waals surface area (Å²) in [6, 6.07) is 2.74. The third-order valence-electron chi connectivity index (χ3n) is 10.6. The maximum atomic E-state index is 9.94. The van der Waals surface area contributed by atoms with Crippen LogP contribution in [0.3, 0.4) is 0 Å². The number of hydrogen-bond donors (Lipinski definition) is 0. The van der Waals surface area contributed by atoms with Gasteiger partial charge in [-0.15, -0.1) is 0 Å². The van der Waals surface area contributed by atoms with Gasteiger partial charge in [-0.25, -0.2) is 0 Å². The van der Waals surface area contributed by atoms with E-state index in [1.165, 1.54) is 64.2 Å².